The Kier molecular flexibility index (Phi) is 4.69. The van der Waals surface area contributed by atoms with Gasteiger partial charge in [-0.05, 0) is 79.4 Å². The molecule has 1 saturated heterocycles. The molecule has 3 saturated carbocycles. The fraction of sp³-hybridized carbons (Fsp3) is 0.957. The highest BCUT2D eigenvalue weighted by atomic mass is 16.5. The van der Waals surface area contributed by atoms with Crippen LogP contribution in [-0.2, 0) is 9.53 Å². The van der Waals surface area contributed by atoms with E-state index in [4.69, 9.17) is 4.74 Å². The molecular weight excluding hydrogens is 322 g/mol. The van der Waals surface area contributed by atoms with Gasteiger partial charge in [0.05, 0.1) is 6.10 Å². The van der Waals surface area contributed by atoms with Crippen molar-refractivity contribution in [3.8, 4) is 0 Å². The van der Waals surface area contributed by atoms with Crippen LogP contribution >= 0.6 is 0 Å². The van der Waals surface area contributed by atoms with E-state index in [2.05, 4.69) is 39.6 Å². The Morgan fingerprint density at radius 2 is 1.96 bits per heavy atom. The number of ether oxygens (including phenoxy) is 1. The Bertz CT molecular complexity index is 562. The van der Waals surface area contributed by atoms with Crippen molar-refractivity contribution < 1.29 is 9.53 Å². The predicted octanol–water partition coefficient (Wildman–Crippen LogP) is 4.89. The number of piperidine rings is 1. The number of amides is 1. The van der Waals surface area contributed by atoms with Crippen LogP contribution in [0, 0.1) is 34.5 Å². The number of likely N-dealkylation sites (tertiary alicyclic amines) is 1. The summed E-state index contributed by atoms with van der Waals surface area (Å²) in [5.74, 6) is 3.52. The van der Waals surface area contributed by atoms with Crippen LogP contribution in [0.5, 0.6) is 0 Å². The molecule has 3 nitrogen and oxygen atoms in total. The van der Waals surface area contributed by atoms with Crippen LogP contribution in [0.25, 0.3) is 0 Å². The molecule has 0 aromatic heterocycles. The third-order valence-corrected chi connectivity index (χ3v) is 9.22. The van der Waals surface area contributed by atoms with Crippen LogP contribution in [-0.4, -0.2) is 36.6 Å². The second-order valence-corrected chi connectivity index (χ2v) is 10.7. The van der Waals surface area contributed by atoms with E-state index in [0.29, 0.717) is 28.9 Å². The first-order chi connectivity index (χ1) is 12.3. The molecule has 8 atom stereocenters. The number of nitrogens with zero attached hydrogens (tertiary/aromatic N) is 1. The standard InChI is InChI=1S/C23H39NO2/c1-6-11-26-16-13-18-21-15(2)12-19-23(4,10-8-20(25)24(19)5)17(21)7-9-22(18,3)14-16/h15-19,21H,6-14H2,1-5H3/t15?,16-,17?,18?,19?,21?,22+,23+/m0/s1. The Morgan fingerprint density at radius 1 is 1.19 bits per heavy atom. The first kappa shape index (κ1) is 18.8. The topological polar surface area (TPSA) is 29.5 Å². The maximum atomic E-state index is 12.3. The summed E-state index contributed by atoms with van der Waals surface area (Å²) >= 11 is 0. The lowest BCUT2D eigenvalue weighted by atomic mass is 9.45. The summed E-state index contributed by atoms with van der Waals surface area (Å²) < 4.78 is 6.23. The highest BCUT2D eigenvalue weighted by molar-refractivity contribution is 5.77. The van der Waals surface area contributed by atoms with Gasteiger partial charge < -0.3 is 9.64 Å². The van der Waals surface area contributed by atoms with Gasteiger partial charge in [-0.3, -0.25) is 4.79 Å². The van der Waals surface area contributed by atoms with Crippen LogP contribution in [0.3, 0.4) is 0 Å². The van der Waals surface area contributed by atoms with Gasteiger partial charge in [0.25, 0.3) is 0 Å². The van der Waals surface area contributed by atoms with Gasteiger partial charge in [0.1, 0.15) is 0 Å². The molecule has 5 unspecified atom stereocenters. The molecule has 0 bridgehead atoms. The van der Waals surface area contributed by atoms with Crippen LogP contribution in [0.15, 0.2) is 0 Å². The number of carbonyl (C=O) groups is 1. The van der Waals surface area contributed by atoms with E-state index in [0.717, 1.165) is 49.5 Å². The molecule has 26 heavy (non-hydrogen) atoms. The van der Waals surface area contributed by atoms with Crippen LogP contribution < -0.4 is 0 Å². The maximum absolute atomic E-state index is 12.3. The van der Waals surface area contributed by atoms with Gasteiger partial charge in [0.2, 0.25) is 5.91 Å². The molecule has 0 N–H and O–H groups in total. The fourth-order valence-electron chi connectivity index (χ4n) is 7.87. The minimum Gasteiger partial charge on any atom is -0.378 e. The second-order valence-electron chi connectivity index (χ2n) is 10.7. The molecule has 1 amide bonds. The highest BCUT2D eigenvalue weighted by Crippen LogP contribution is 2.66. The van der Waals surface area contributed by atoms with Gasteiger partial charge in [0.15, 0.2) is 0 Å². The number of carbonyl (C=O) groups excluding carboxylic acids is 1. The van der Waals surface area contributed by atoms with Crippen molar-refractivity contribution in [2.75, 3.05) is 13.7 Å². The highest BCUT2D eigenvalue weighted by Gasteiger charge is 2.62. The number of rotatable bonds is 3. The molecule has 4 aliphatic rings. The summed E-state index contributed by atoms with van der Waals surface area (Å²) in [6.07, 6.45) is 9.93. The lowest BCUT2D eigenvalue weighted by Crippen LogP contribution is -2.62. The van der Waals surface area contributed by atoms with Crippen LogP contribution in [0.4, 0.5) is 0 Å². The van der Waals surface area contributed by atoms with Crippen LogP contribution in [0.1, 0.15) is 79.1 Å². The minimum absolute atomic E-state index is 0.323. The van der Waals surface area contributed by atoms with E-state index in [9.17, 15) is 4.79 Å². The largest absolute Gasteiger partial charge is 0.378 e. The summed E-state index contributed by atoms with van der Waals surface area (Å²) in [4.78, 5) is 14.5. The zero-order chi connectivity index (χ0) is 18.7. The molecule has 3 heteroatoms. The van der Waals surface area contributed by atoms with Crippen molar-refractivity contribution in [2.45, 2.75) is 91.2 Å². The zero-order valence-corrected chi connectivity index (χ0v) is 17.6. The SMILES string of the molecule is CCCO[C@H]1CC2C3C(C)CC4N(C)C(=O)CC[C@]4(C)C3CC[C@]2(C)C1. The van der Waals surface area contributed by atoms with E-state index in [-0.39, 0.29) is 0 Å². The molecule has 1 heterocycles. The maximum Gasteiger partial charge on any atom is 0.222 e. The lowest BCUT2D eigenvalue weighted by molar-refractivity contribution is -0.164. The minimum atomic E-state index is 0.323. The normalized spacial score (nSPS) is 51.0. The molecule has 148 valence electrons. The first-order valence-electron chi connectivity index (χ1n) is 11.2. The number of fused-ring (bicyclic) bond motifs is 5. The van der Waals surface area contributed by atoms with Crippen molar-refractivity contribution in [3.05, 3.63) is 0 Å². The Balaban J connectivity index is 1.61. The van der Waals surface area contributed by atoms with Crippen molar-refractivity contribution in [3.63, 3.8) is 0 Å². The van der Waals surface area contributed by atoms with Gasteiger partial charge in [-0.2, -0.15) is 0 Å². The molecule has 4 rings (SSSR count). The monoisotopic (exact) mass is 361 g/mol. The average Bonchev–Trinajstić information content (AvgIpc) is 2.95. The number of hydrogen-bond donors (Lipinski definition) is 0. The van der Waals surface area contributed by atoms with Gasteiger partial charge in [-0.1, -0.05) is 27.7 Å². The Labute approximate surface area is 160 Å². The molecule has 0 aromatic carbocycles. The van der Waals surface area contributed by atoms with Crippen molar-refractivity contribution >= 4 is 5.91 Å². The predicted molar refractivity (Wildman–Crippen MR) is 105 cm³/mol. The Hall–Kier alpha value is -0.570. The lowest BCUT2D eigenvalue weighted by Gasteiger charge is -2.63. The quantitative estimate of drug-likeness (QED) is 0.716. The Morgan fingerprint density at radius 3 is 2.69 bits per heavy atom. The molecule has 1 aliphatic heterocycles. The molecule has 3 aliphatic carbocycles. The van der Waals surface area contributed by atoms with Crippen molar-refractivity contribution in [1.82, 2.24) is 4.90 Å². The van der Waals surface area contributed by atoms with Gasteiger partial charge in [-0.15, -0.1) is 0 Å². The summed E-state index contributed by atoms with van der Waals surface area (Å²) in [6.45, 7) is 10.7. The van der Waals surface area contributed by atoms with Crippen LogP contribution in [0.2, 0.25) is 0 Å². The summed E-state index contributed by atoms with van der Waals surface area (Å²) in [5.41, 5.74) is 0.803. The van der Waals surface area contributed by atoms with E-state index >= 15 is 0 Å². The molecule has 0 radical (unpaired) electrons. The average molecular weight is 362 g/mol. The first-order valence-corrected chi connectivity index (χ1v) is 11.2. The van der Waals surface area contributed by atoms with Crippen molar-refractivity contribution in [1.29, 1.82) is 0 Å². The summed E-state index contributed by atoms with van der Waals surface area (Å²) in [5, 5.41) is 0. The van der Waals surface area contributed by atoms with Gasteiger partial charge in [0, 0.05) is 26.1 Å². The van der Waals surface area contributed by atoms with E-state index in [1.807, 2.05) is 0 Å². The third-order valence-electron chi connectivity index (χ3n) is 9.22. The van der Waals surface area contributed by atoms with Gasteiger partial charge >= 0.3 is 0 Å². The van der Waals surface area contributed by atoms with E-state index in [1.165, 1.54) is 32.1 Å². The third kappa shape index (κ3) is 2.67. The summed E-state index contributed by atoms with van der Waals surface area (Å²) in [7, 11) is 2.06. The van der Waals surface area contributed by atoms with Crippen molar-refractivity contribution in [2.24, 2.45) is 34.5 Å². The zero-order valence-electron chi connectivity index (χ0n) is 17.6. The second kappa shape index (κ2) is 6.50. The summed E-state index contributed by atoms with van der Waals surface area (Å²) in [6, 6.07) is 0.456. The molecule has 0 spiro atoms. The number of hydrogen-bond acceptors (Lipinski definition) is 2. The molecule has 0 aromatic rings. The van der Waals surface area contributed by atoms with E-state index in [1.54, 1.807) is 0 Å². The molecule has 4 fully saturated rings. The molecular formula is C23H39NO2. The van der Waals surface area contributed by atoms with Gasteiger partial charge in [-0.25, -0.2) is 0 Å². The smallest absolute Gasteiger partial charge is 0.222 e. The fourth-order valence-corrected chi connectivity index (χ4v) is 7.87. The van der Waals surface area contributed by atoms with E-state index < -0.39 is 0 Å².